The molecule has 0 saturated carbocycles. The van der Waals surface area contributed by atoms with Gasteiger partial charge in [0.25, 0.3) is 0 Å². The standard InChI is InChI=1S/C18H19NO2S/c1-14-13-19(11-12-21-14)18(20)10-8-16-7-9-17(22-16)15-5-3-2-4-6-15/h2-10,14H,11-13H2,1H3/b10-8+. The quantitative estimate of drug-likeness (QED) is 0.809. The van der Waals surface area contributed by atoms with Gasteiger partial charge in [0.15, 0.2) is 0 Å². The highest BCUT2D eigenvalue weighted by molar-refractivity contribution is 7.16. The maximum Gasteiger partial charge on any atom is 0.246 e. The number of benzene rings is 1. The Kier molecular flexibility index (Phi) is 4.71. The smallest absolute Gasteiger partial charge is 0.246 e. The molecule has 1 amide bonds. The van der Waals surface area contributed by atoms with Crippen molar-refractivity contribution in [3.05, 3.63) is 53.4 Å². The Morgan fingerprint density at radius 1 is 1.27 bits per heavy atom. The summed E-state index contributed by atoms with van der Waals surface area (Å²) < 4.78 is 5.46. The second-order valence-electron chi connectivity index (χ2n) is 5.37. The van der Waals surface area contributed by atoms with Crippen LogP contribution in [0.3, 0.4) is 0 Å². The monoisotopic (exact) mass is 313 g/mol. The molecule has 22 heavy (non-hydrogen) atoms. The van der Waals surface area contributed by atoms with Crippen molar-refractivity contribution in [1.82, 2.24) is 4.90 Å². The lowest BCUT2D eigenvalue weighted by Gasteiger charge is -2.30. The minimum Gasteiger partial charge on any atom is -0.375 e. The average molecular weight is 313 g/mol. The molecule has 1 saturated heterocycles. The fraction of sp³-hybridized carbons (Fsp3) is 0.278. The number of ether oxygens (including phenoxy) is 1. The number of carbonyl (C=O) groups excluding carboxylic acids is 1. The van der Waals surface area contributed by atoms with E-state index in [9.17, 15) is 4.79 Å². The largest absolute Gasteiger partial charge is 0.375 e. The van der Waals surface area contributed by atoms with Crippen LogP contribution in [0.25, 0.3) is 16.5 Å². The number of nitrogens with zero attached hydrogens (tertiary/aromatic N) is 1. The second-order valence-corrected chi connectivity index (χ2v) is 6.48. The topological polar surface area (TPSA) is 29.5 Å². The van der Waals surface area contributed by atoms with Gasteiger partial charge in [-0.15, -0.1) is 11.3 Å². The van der Waals surface area contributed by atoms with E-state index in [-0.39, 0.29) is 12.0 Å². The lowest BCUT2D eigenvalue weighted by molar-refractivity contribution is -0.132. The van der Waals surface area contributed by atoms with Crippen LogP contribution < -0.4 is 0 Å². The van der Waals surface area contributed by atoms with Gasteiger partial charge in [0, 0.05) is 28.9 Å². The van der Waals surface area contributed by atoms with Crippen LogP contribution in [-0.4, -0.2) is 36.6 Å². The number of thiophene rings is 1. The Balaban J connectivity index is 1.66. The van der Waals surface area contributed by atoms with Crippen molar-refractivity contribution in [2.24, 2.45) is 0 Å². The summed E-state index contributed by atoms with van der Waals surface area (Å²) in [6, 6.07) is 14.4. The number of carbonyl (C=O) groups is 1. The summed E-state index contributed by atoms with van der Waals surface area (Å²) in [7, 11) is 0. The van der Waals surface area contributed by atoms with Crippen molar-refractivity contribution < 1.29 is 9.53 Å². The molecule has 1 atom stereocenters. The first-order valence-corrected chi connectivity index (χ1v) is 8.28. The predicted octanol–water partition coefficient (Wildman–Crippen LogP) is 3.68. The van der Waals surface area contributed by atoms with Crippen molar-refractivity contribution in [1.29, 1.82) is 0 Å². The number of morpholine rings is 1. The van der Waals surface area contributed by atoms with Gasteiger partial charge >= 0.3 is 0 Å². The first kappa shape index (κ1) is 15.0. The molecule has 1 aliphatic rings. The third-order valence-electron chi connectivity index (χ3n) is 3.63. The average Bonchev–Trinajstić information content (AvgIpc) is 3.02. The molecule has 1 fully saturated rings. The van der Waals surface area contributed by atoms with Crippen LogP contribution in [0.4, 0.5) is 0 Å². The SMILES string of the molecule is CC1CN(C(=O)/C=C/c2ccc(-c3ccccc3)s2)CCO1. The molecular weight excluding hydrogens is 294 g/mol. The highest BCUT2D eigenvalue weighted by Gasteiger charge is 2.19. The van der Waals surface area contributed by atoms with Crippen molar-refractivity contribution in [2.45, 2.75) is 13.0 Å². The van der Waals surface area contributed by atoms with E-state index >= 15 is 0 Å². The summed E-state index contributed by atoms with van der Waals surface area (Å²) >= 11 is 1.69. The van der Waals surface area contributed by atoms with Gasteiger partial charge in [0.2, 0.25) is 5.91 Å². The Bertz CT molecular complexity index is 663. The molecule has 1 aliphatic heterocycles. The fourth-order valence-electron chi connectivity index (χ4n) is 2.48. The van der Waals surface area contributed by atoms with E-state index in [1.165, 1.54) is 10.4 Å². The van der Waals surface area contributed by atoms with E-state index in [0.29, 0.717) is 19.7 Å². The number of hydrogen-bond donors (Lipinski definition) is 0. The van der Waals surface area contributed by atoms with Gasteiger partial charge in [-0.1, -0.05) is 30.3 Å². The summed E-state index contributed by atoms with van der Waals surface area (Å²) in [4.78, 5) is 16.3. The maximum absolute atomic E-state index is 12.2. The molecule has 0 radical (unpaired) electrons. The molecular formula is C18H19NO2S. The summed E-state index contributed by atoms with van der Waals surface area (Å²) in [5.41, 5.74) is 1.21. The van der Waals surface area contributed by atoms with Crippen LogP contribution in [0.2, 0.25) is 0 Å². The minimum atomic E-state index is 0.0600. The van der Waals surface area contributed by atoms with Gasteiger partial charge in [-0.05, 0) is 30.7 Å². The van der Waals surface area contributed by atoms with E-state index in [1.54, 1.807) is 17.4 Å². The Labute approximate surface area is 134 Å². The molecule has 1 aromatic carbocycles. The first-order chi connectivity index (χ1) is 10.7. The maximum atomic E-state index is 12.2. The Morgan fingerprint density at radius 2 is 2.09 bits per heavy atom. The number of rotatable bonds is 3. The molecule has 0 spiro atoms. The van der Waals surface area contributed by atoms with Gasteiger partial charge in [-0.2, -0.15) is 0 Å². The third kappa shape index (κ3) is 3.64. The molecule has 0 bridgehead atoms. The van der Waals surface area contributed by atoms with E-state index in [0.717, 1.165) is 4.88 Å². The lowest BCUT2D eigenvalue weighted by Crippen LogP contribution is -2.43. The van der Waals surface area contributed by atoms with E-state index < -0.39 is 0 Å². The second kappa shape index (κ2) is 6.90. The van der Waals surface area contributed by atoms with E-state index in [2.05, 4.69) is 24.3 Å². The van der Waals surface area contributed by atoms with Gasteiger partial charge in [-0.25, -0.2) is 0 Å². The molecule has 1 aromatic heterocycles. The molecule has 2 aromatic rings. The van der Waals surface area contributed by atoms with Gasteiger partial charge < -0.3 is 9.64 Å². The fourth-order valence-corrected chi connectivity index (χ4v) is 3.39. The van der Waals surface area contributed by atoms with Crippen LogP contribution >= 0.6 is 11.3 Å². The Morgan fingerprint density at radius 3 is 2.86 bits per heavy atom. The van der Waals surface area contributed by atoms with Crippen LogP contribution in [0, 0.1) is 0 Å². The molecule has 4 heteroatoms. The zero-order valence-corrected chi connectivity index (χ0v) is 13.4. The summed E-state index contributed by atoms with van der Waals surface area (Å²) in [6.07, 6.45) is 3.69. The van der Waals surface area contributed by atoms with Crippen molar-refractivity contribution >= 4 is 23.3 Å². The van der Waals surface area contributed by atoms with Crippen molar-refractivity contribution in [3.63, 3.8) is 0 Å². The lowest BCUT2D eigenvalue weighted by atomic mass is 10.2. The minimum absolute atomic E-state index is 0.0600. The molecule has 1 unspecified atom stereocenters. The normalized spacial score (nSPS) is 18.8. The molecule has 3 rings (SSSR count). The number of hydrogen-bond acceptors (Lipinski definition) is 3. The molecule has 0 aliphatic carbocycles. The zero-order chi connectivity index (χ0) is 15.4. The predicted molar refractivity (Wildman–Crippen MR) is 90.8 cm³/mol. The summed E-state index contributed by atoms with van der Waals surface area (Å²) in [5.74, 6) is 0.0600. The first-order valence-electron chi connectivity index (χ1n) is 7.46. The van der Waals surface area contributed by atoms with Crippen LogP contribution in [0.15, 0.2) is 48.5 Å². The van der Waals surface area contributed by atoms with Crippen molar-refractivity contribution in [3.8, 4) is 10.4 Å². The van der Waals surface area contributed by atoms with E-state index in [1.807, 2.05) is 36.1 Å². The van der Waals surface area contributed by atoms with Crippen molar-refractivity contribution in [2.75, 3.05) is 19.7 Å². The highest BCUT2D eigenvalue weighted by Crippen LogP contribution is 2.28. The molecule has 2 heterocycles. The summed E-state index contributed by atoms with van der Waals surface area (Å²) in [6.45, 7) is 3.96. The third-order valence-corrected chi connectivity index (χ3v) is 4.73. The van der Waals surface area contributed by atoms with Crippen LogP contribution in [0.1, 0.15) is 11.8 Å². The van der Waals surface area contributed by atoms with Gasteiger partial charge in [0.05, 0.1) is 12.7 Å². The molecule has 114 valence electrons. The van der Waals surface area contributed by atoms with Gasteiger partial charge in [-0.3, -0.25) is 4.79 Å². The summed E-state index contributed by atoms with van der Waals surface area (Å²) in [5, 5.41) is 0. The zero-order valence-electron chi connectivity index (χ0n) is 12.6. The molecule has 3 nitrogen and oxygen atoms in total. The highest BCUT2D eigenvalue weighted by atomic mass is 32.1. The molecule has 0 N–H and O–H groups in total. The van der Waals surface area contributed by atoms with Crippen LogP contribution in [-0.2, 0) is 9.53 Å². The number of amides is 1. The Hall–Kier alpha value is -1.91. The van der Waals surface area contributed by atoms with Crippen LogP contribution in [0.5, 0.6) is 0 Å². The van der Waals surface area contributed by atoms with Gasteiger partial charge in [0.1, 0.15) is 0 Å². The van der Waals surface area contributed by atoms with E-state index in [4.69, 9.17) is 4.74 Å².